The summed E-state index contributed by atoms with van der Waals surface area (Å²) in [5.74, 6) is 0.778. The zero-order chi connectivity index (χ0) is 17.1. The molecule has 0 aliphatic heterocycles. The Kier molecular flexibility index (Phi) is 12.0. The number of halogens is 1. The summed E-state index contributed by atoms with van der Waals surface area (Å²) < 4.78 is 25.3. The normalized spacial score (nSPS) is 11.7. The monoisotopic (exact) mass is 468 g/mol. The second kappa shape index (κ2) is 12.5. The molecular weight excluding hydrogens is 439 g/mol. The van der Waals surface area contributed by atoms with Crippen molar-refractivity contribution in [2.75, 3.05) is 20.6 Å². The minimum atomic E-state index is -3.22. The van der Waals surface area contributed by atoms with Gasteiger partial charge in [-0.3, -0.25) is 4.99 Å². The molecule has 0 bridgehead atoms. The van der Waals surface area contributed by atoms with Gasteiger partial charge in [-0.25, -0.2) is 13.1 Å². The van der Waals surface area contributed by atoms with Crippen LogP contribution in [0.25, 0.3) is 0 Å². The maximum Gasteiger partial charge on any atom is 0.215 e. The molecule has 6 nitrogen and oxygen atoms in total. The Hall–Kier alpha value is -0.870. The molecule has 0 aromatic heterocycles. The summed E-state index contributed by atoms with van der Waals surface area (Å²) in [5.41, 5.74) is 1.84. The van der Waals surface area contributed by atoms with Gasteiger partial charge >= 0.3 is 0 Å². The standard InChI is InChI=1S/C16H28N4O2S.HI/c1-4-5-6-11-19-16(17-2)20-12-14-7-9-15(10-8-14)13-23(21,22)18-3;/h7-10,18H,4-6,11-13H2,1-3H3,(H2,17,19,20);1H. The highest BCUT2D eigenvalue weighted by Crippen LogP contribution is 2.07. The molecule has 0 unspecified atom stereocenters. The summed E-state index contributed by atoms with van der Waals surface area (Å²) in [6.45, 7) is 3.74. The topological polar surface area (TPSA) is 82.6 Å². The average molecular weight is 468 g/mol. The molecule has 8 heteroatoms. The lowest BCUT2D eigenvalue weighted by atomic mass is 10.1. The van der Waals surface area contributed by atoms with Crippen molar-refractivity contribution in [2.45, 2.75) is 38.5 Å². The number of aliphatic imine (C=N–C) groups is 1. The van der Waals surface area contributed by atoms with Gasteiger partial charge in [0.2, 0.25) is 10.0 Å². The maximum atomic E-state index is 11.5. The molecule has 0 aliphatic carbocycles. The van der Waals surface area contributed by atoms with E-state index in [0.29, 0.717) is 6.54 Å². The van der Waals surface area contributed by atoms with Crippen LogP contribution in [0, 0.1) is 0 Å². The molecule has 138 valence electrons. The first-order valence-corrected chi connectivity index (χ1v) is 9.59. The van der Waals surface area contributed by atoms with Crippen LogP contribution in [0.5, 0.6) is 0 Å². The summed E-state index contributed by atoms with van der Waals surface area (Å²) in [6.07, 6.45) is 3.54. The number of guanidine groups is 1. The van der Waals surface area contributed by atoms with Gasteiger partial charge in [-0.05, 0) is 24.6 Å². The first-order valence-electron chi connectivity index (χ1n) is 7.94. The Morgan fingerprint density at radius 3 is 2.25 bits per heavy atom. The van der Waals surface area contributed by atoms with Crippen molar-refractivity contribution in [3.8, 4) is 0 Å². The number of unbranched alkanes of at least 4 members (excludes halogenated alkanes) is 2. The van der Waals surface area contributed by atoms with Gasteiger partial charge in [-0.1, -0.05) is 44.0 Å². The van der Waals surface area contributed by atoms with E-state index in [1.807, 2.05) is 24.3 Å². The fourth-order valence-electron chi connectivity index (χ4n) is 2.03. The van der Waals surface area contributed by atoms with Crippen LogP contribution in [-0.4, -0.2) is 35.0 Å². The summed E-state index contributed by atoms with van der Waals surface area (Å²) in [5, 5.41) is 6.53. The highest BCUT2D eigenvalue weighted by molar-refractivity contribution is 14.0. The third-order valence-electron chi connectivity index (χ3n) is 3.45. The van der Waals surface area contributed by atoms with Crippen LogP contribution in [0.3, 0.4) is 0 Å². The largest absolute Gasteiger partial charge is 0.356 e. The quantitative estimate of drug-likeness (QED) is 0.225. The lowest BCUT2D eigenvalue weighted by Gasteiger charge is -2.12. The predicted octanol–water partition coefficient (Wildman–Crippen LogP) is 2.21. The molecule has 24 heavy (non-hydrogen) atoms. The van der Waals surface area contributed by atoms with Crippen molar-refractivity contribution < 1.29 is 8.42 Å². The van der Waals surface area contributed by atoms with Crippen molar-refractivity contribution in [1.82, 2.24) is 15.4 Å². The number of hydrogen-bond donors (Lipinski definition) is 3. The van der Waals surface area contributed by atoms with Gasteiger partial charge < -0.3 is 10.6 Å². The smallest absolute Gasteiger partial charge is 0.215 e. The molecule has 0 saturated heterocycles. The first-order chi connectivity index (χ1) is 11.0. The molecule has 1 aromatic carbocycles. The van der Waals surface area contributed by atoms with Gasteiger partial charge in [-0.15, -0.1) is 24.0 Å². The molecule has 0 saturated carbocycles. The second-order valence-corrected chi connectivity index (χ2v) is 7.27. The Morgan fingerprint density at radius 1 is 1.08 bits per heavy atom. The maximum absolute atomic E-state index is 11.5. The van der Waals surface area contributed by atoms with Crippen molar-refractivity contribution in [1.29, 1.82) is 0 Å². The Bertz CT molecular complexity index is 589. The summed E-state index contributed by atoms with van der Waals surface area (Å²) in [6, 6.07) is 7.53. The molecular formula is C16H29IN4O2S. The van der Waals surface area contributed by atoms with E-state index in [4.69, 9.17) is 0 Å². The average Bonchev–Trinajstić information content (AvgIpc) is 2.55. The summed E-state index contributed by atoms with van der Waals surface area (Å²) in [7, 11) is -0.0507. The van der Waals surface area contributed by atoms with E-state index < -0.39 is 10.0 Å². The number of sulfonamides is 1. The van der Waals surface area contributed by atoms with E-state index in [1.165, 1.54) is 19.9 Å². The molecule has 0 amide bonds. The highest BCUT2D eigenvalue weighted by Gasteiger charge is 2.08. The van der Waals surface area contributed by atoms with Crippen LogP contribution in [0.15, 0.2) is 29.3 Å². The van der Waals surface area contributed by atoms with E-state index in [2.05, 4.69) is 27.3 Å². The third-order valence-corrected chi connectivity index (χ3v) is 4.78. The highest BCUT2D eigenvalue weighted by atomic mass is 127. The van der Waals surface area contributed by atoms with Gasteiger partial charge in [0.25, 0.3) is 0 Å². The van der Waals surface area contributed by atoms with Gasteiger partial charge in [-0.2, -0.15) is 0 Å². The van der Waals surface area contributed by atoms with Crippen molar-refractivity contribution >= 4 is 40.0 Å². The van der Waals surface area contributed by atoms with Crippen molar-refractivity contribution in [2.24, 2.45) is 4.99 Å². The molecule has 0 fully saturated rings. The summed E-state index contributed by atoms with van der Waals surface area (Å²) in [4.78, 5) is 4.18. The Labute approximate surface area is 163 Å². The SMILES string of the molecule is CCCCCNC(=NC)NCc1ccc(CS(=O)(=O)NC)cc1.I. The van der Waals surface area contributed by atoms with E-state index >= 15 is 0 Å². The molecule has 0 radical (unpaired) electrons. The first kappa shape index (κ1) is 23.1. The van der Waals surface area contributed by atoms with Crippen LogP contribution < -0.4 is 15.4 Å². The molecule has 0 heterocycles. The molecule has 0 atom stereocenters. The molecule has 0 aliphatic rings. The van der Waals surface area contributed by atoms with E-state index in [-0.39, 0.29) is 29.7 Å². The van der Waals surface area contributed by atoms with Crippen molar-refractivity contribution in [3.05, 3.63) is 35.4 Å². The van der Waals surface area contributed by atoms with E-state index in [0.717, 1.165) is 30.1 Å². The lowest BCUT2D eigenvalue weighted by molar-refractivity contribution is 0.587. The fraction of sp³-hybridized carbons (Fsp3) is 0.562. The number of rotatable bonds is 9. The second-order valence-electron chi connectivity index (χ2n) is 5.34. The molecule has 3 N–H and O–H groups in total. The van der Waals surface area contributed by atoms with Gasteiger partial charge in [0.15, 0.2) is 5.96 Å². The van der Waals surface area contributed by atoms with Crippen LogP contribution in [0.4, 0.5) is 0 Å². The summed E-state index contributed by atoms with van der Waals surface area (Å²) >= 11 is 0. The predicted molar refractivity (Wildman–Crippen MR) is 111 cm³/mol. The van der Waals surface area contributed by atoms with Crippen LogP contribution in [0.2, 0.25) is 0 Å². The lowest BCUT2D eigenvalue weighted by Crippen LogP contribution is -2.37. The number of benzene rings is 1. The molecule has 1 aromatic rings. The number of nitrogens with one attached hydrogen (secondary N) is 3. The molecule has 1 rings (SSSR count). The van der Waals surface area contributed by atoms with E-state index in [9.17, 15) is 8.42 Å². The van der Waals surface area contributed by atoms with E-state index in [1.54, 1.807) is 7.05 Å². The van der Waals surface area contributed by atoms with Gasteiger partial charge in [0, 0.05) is 20.1 Å². The number of nitrogens with zero attached hydrogens (tertiary/aromatic N) is 1. The van der Waals surface area contributed by atoms with Crippen LogP contribution in [0.1, 0.15) is 37.3 Å². The zero-order valence-electron chi connectivity index (χ0n) is 14.6. The van der Waals surface area contributed by atoms with Crippen LogP contribution in [-0.2, 0) is 22.3 Å². The minimum absolute atomic E-state index is 0. The minimum Gasteiger partial charge on any atom is -0.356 e. The van der Waals surface area contributed by atoms with Crippen molar-refractivity contribution in [3.63, 3.8) is 0 Å². The van der Waals surface area contributed by atoms with Gasteiger partial charge in [0.1, 0.15) is 0 Å². The third kappa shape index (κ3) is 9.43. The van der Waals surface area contributed by atoms with Gasteiger partial charge in [0.05, 0.1) is 5.75 Å². The molecule has 0 spiro atoms. The Balaban J connectivity index is 0.00000529. The fourth-order valence-corrected chi connectivity index (χ4v) is 2.81. The zero-order valence-corrected chi connectivity index (χ0v) is 17.8. The number of hydrogen-bond acceptors (Lipinski definition) is 3. The Morgan fingerprint density at radius 2 is 1.71 bits per heavy atom. The van der Waals surface area contributed by atoms with Crippen LogP contribution >= 0.6 is 24.0 Å².